The number of halogens is 1. The van der Waals surface area contributed by atoms with Gasteiger partial charge in [-0.25, -0.2) is 4.68 Å². The Balaban J connectivity index is 2.02. The third-order valence-corrected chi connectivity index (χ3v) is 3.66. The maximum absolute atomic E-state index is 11.9. The maximum atomic E-state index is 11.9. The van der Waals surface area contributed by atoms with Gasteiger partial charge < -0.3 is 5.32 Å². The largest absolute Gasteiger partial charge is 0.354 e. The van der Waals surface area contributed by atoms with E-state index in [2.05, 4.69) is 10.4 Å². The van der Waals surface area contributed by atoms with Crippen molar-refractivity contribution >= 4 is 17.5 Å². The van der Waals surface area contributed by atoms with E-state index in [1.807, 2.05) is 19.1 Å². The summed E-state index contributed by atoms with van der Waals surface area (Å²) in [6.45, 7) is 2.77. The molecule has 0 aliphatic rings. The van der Waals surface area contributed by atoms with Crippen molar-refractivity contribution in [3.05, 3.63) is 51.8 Å². The van der Waals surface area contributed by atoms with E-state index in [-0.39, 0.29) is 11.5 Å². The van der Waals surface area contributed by atoms with Gasteiger partial charge in [0.25, 0.3) is 5.56 Å². The van der Waals surface area contributed by atoms with Crippen LogP contribution in [0.5, 0.6) is 0 Å². The molecule has 6 heteroatoms. The zero-order valence-corrected chi connectivity index (χ0v) is 13.8. The van der Waals surface area contributed by atoms with Crippen LogP contribution in [0.4, 0.5) is 0 Å². The maximum Gasteiger partial charge on any atom is 0.266 e. The second-order valence-electron chi connectivity index (χ2n) is 5.24. The van der Waals surface area contributed by atoms with Gasteiger partial charge in [0, 0.05) is 29.6 Å². The first-order valence-electron chi connectivity index (χ1n) is 7.71. The molecule has 0 fully saturated rings. The highest BCUT2D eigenvalue weighted by atomic mass is 35.5. The van der Waals surface area contributed by atoms with Crippen LogP contribution in [0.3, 0.4) is 0 Å². The summed E-state index contributed by atoms with van der Waals surface area (Å²) in [6, 6.07) is 10.4. The van der Waals surface area contributed by atoms with Crippen molar-refractivity contribution in [3.63, 3.8) is 0 Å². The van der Waals surface area contributed by atoms with E-state index in [0.717, 1.165) is 18.4 Å². The Morgan fingerprint density at radius 2 is 1.96 bits per heavy atom. The summed E-state index contributed by atoms with van der Waals surface area (Å²) < 4.78 is 1.37. The van der Waals surface area contributed by atoms with Crippen LogP contribution in [0, 0.1) is 0 Å². The highest BCUT2D eigenvalue weighted by molar-refractivity contribution is 6.30. The van der Waals surface area contributed by atoms with Gasteiger partial charge in [0.1, 0.15) is 0 Å². The molecule has 1 N–H and O–H groups in total. The van der Waals surface area contributed by atoms with Crippen LogP contribution in [-0.4, -0.2) is 22.2 Å². The number of carbonyl (C=O) groups is 1. The van der Waals surface area contributed by atoms with Crippen molar-refractivity contribution in [2.24, 2.45) is 0 Å². The lowest BCUT2D eigenvalue weighted by Gasteiger charge is -2.08. The lowest BCUT2D eigenvalue weighted by Crippen LogP contribution is -2.31. The third-order valence-electron chi connectivity index (χ3n) is 3.41. The molecular weight excluding hydrogens is 314 g/mol. The Labute approximate surface area is 140 Å². The van der Waals surface area contributed by atoms with Gasteiger partial charge in [-0.2, -0.15) is 5.10 Å². The molecule has 1 aromatic carbocycles. The number of nitrogens with one attached hydrogen (secondary N) is 1. The van der Waals surface area contributed by atoms with Crippen molar-refractivity contribution in [1.82, 2.24) is 15.1 Å². The molecule has 1 aromatic heterocycles. The summed E-state index contributed by atoms with van der Waals surface area (Å²) in [7, 11) is 0. The van der Waals surface area contributed by atoms with Crippen molar-refractivity contribution < 1.29 is 4.79 Å². The lowest BCUT2D eigenvalue weighted by atomic mass is 10.1. The third kappa shape index (κ3) is 5.21. The Bertz CT molecular complexity index is 711. The number of hydrogen-bond donors (Lipinski definition) is 1. The van der Waals surface area contributed by atoms with Crippen LogP contribution < -0.4 is 10.9 Å². The molecule has 0 saturated carbocycles. The molecule has 0 saturated heterocycles. The van der Waals surface area contributed by atoms with E-state index in [4.69, 9.17) is 11.6 Å². The van der Waals surface area contributed by atoms with Gasteiger partial charge in [-0.05, 0) is 24.6 Å². The van der Waals surface area contributed by atoms with Crippen molar-refractivity contribution in [3.8, 4) is 11.3 Å². The van der Waals surface area contributed by atoms with E-state index in [0.29, 0.717) is 30.2 Å². The first-order chi connectivity index (χ1) is 11.1. The van der Waals surface area contributed by atoms with Crippen LogP contribution in [0.2, 0.25) is 5.02 Å². The summed E-state index contributed by atoms with van der Waals surface area (Å²) in [5.74, 6) is 0.00811. The minimum absolute atomic E-state index is 0.00811. The van der Waals surface area contributed by atoms with Crippen LogP contribution in [0.25, 0.3) is 11.3 Å². The van der Waals surface area contributed by atoms with Crippen LogP contribution in [0.15, 0.2) is 41.2 Å². The normalized spacial score (nSPS) is 10.5. The number of nitrogens with zero attached hydrogens (tertiary/aromatic N) is 2. The number of benzene rings is 1. The van der Waals surface area contributed by atoms with Gasteiger partial charge >= 0.3 is 0 Å². The topological polar surface area (TPSA) is 64.0 Å². The zero-order valence-electron chi connectivity index (χ0n) is 13.1. The van der Waals surface area contributed by atoms with E-state index in [1.54, 1.807) is 18.2 Å². The van der Waals surface area contributed by atoms with Gasteiger partial charge in [0.05, 0.1) is 12.2 Å². The second kappa shape index (κ2) is 8.48. The van der Waals surface area contributed by atoms with Crippen LogP contribution in [0.1, 0.15) is 26.2 Å². The van der Waals surface area contributed by atoms with Crippen LogP contribution >= 0.6 is 11.6 Å². The fourth-order valence-corrected chi connectivity index (χ4v) is 2.24. The van der Waals surface area contributed by atoms with Crippen molar-refractivity contribution in [1.29, 1.82) is 0 Å². The average molecular weight is 334 g/mol. The summed E-state index contributed by atoms with van der Waals surface area (Å²) >= 11 is 5.87. The quantitative estimate of drug-likeness (QED) is 0.847. The molecule has 0 atom stereocenters. The highest BCUT2D eigenvalue weighted by Gasteiger charge is 2.05. The summed E-state index contributed by atoms with van der Waals surface area (Å²) in [5, 5.41) is 7.79. The van der Waals surface area contributed by atoms with Gasteiger partial charge in [0.2, 0.25) is 5.91 Å². The molecule has 0 bridgehead atoms. The lowest BCUT2D eigenvalue weighted by molar-refractivity contribution is -0.121. The first-order valence-corrected chi connectivity index (χ1v) is 8.08. The molecule has 122 valence electrons. The number of aromatic nitrogens is 2. The van der Waals surface area contributed by atoms with Gasteiger partial charge in [-0.3, -0.25) is 9.59 Å². The number of carbonyl (C=O) groups excluding carboxylic acids is 1. The predicted molar refractivity (Wildman–Crippen MR) is 91.5 cm³/mol. The fraction of sp³-hybridized carbons (Fsp3) is 0.353. The smallest absolute Gasteiger partial charge is 0.266 e. The summed E-state index contributed by atoms with van der Waals surface area (Å²) in [6.07, 6.45) is 2.37. The van der Waals surface area contributed by atoms with Crippen molar-refractivity contribution in [2.75, 3.05) is 6.54 Å². The van der Waals surface area contributed by atoms with Crippen LogP contribution in [-0.2, 0) is 11.3 Å². The molecule has 0 radical (unpaired) electrons. The highest BCUT2D eigenvalue weighted by Crippen LogP contribution is 2.18. The summed E-state index contributed by atoms with van der Waals surface area (Å²) in [5.41, 5.74) is 1.39. The fourth-order valence-electron chi connectivity index (χ4n) is 2.11. The molecule has 0 aliphatic carbocycles. The second-order valence-corrected chi connectivity index (χ2v) is 5.68. The minimum atomic E-state index is -0.189. The molecule has 0 spiro atoms. The first kappa shape index (κ1) is 17.2. The van der Waals surface area contributed by atoms with E-state index in [1.165, 1.54) is 10.7 Å². The Hall–Kier alpha value is -2.14. The van der Waals surface area contributed by atoms with Gasteiger partial charge in [-0.1, -0.05) is 37.1 Å². The van der Waals surface area contributed by atoms with Gasteiger partial charge in [0.15, 0.2) is 0 Å². The molecule has 2 rings (SSSR count). The number of hydrogen-bond acceptors (Lipinski definition) is 3. The van der Waals surface area contributed by atoms with E-state index in [9.17, 15) is 9.59 Å². The van der Waals surface area contributed by atoms with E-state index < -0.39 is 0 Å². The number of amides is 1. The van der Waals surface area contributed by atoms with Crippen molar-refractivity contribution in [2.45, 2.75) is 32.7 Å². The molecule has 1 amide bonds. The molecule has 0 unspecified atom stereocenters. The molecule has 23 heavy (non-hydrogen) atoms. The molecule has 1 heterocycles. The number of unbranched alkanes of at least 4 members (excludes halogenated alkanes) is 1. The zero-order chi connectivity index (χ0) is 16.7. The Kier molecular flexibility index (Phi) is 6.35. The molecule has 2 aromatic rings. The molecule has 0 aliphatic heterocycles. The number of rotatable bonds is 7. The SMILES string of the molecule is CCCCC(=O)NCCn1nc(-c2ccc(Cl)cc2)ccc1=O. The minimum Gasteiger partial charge on any atom is -0.354 e. The Morgan fingerprint density at radius 3 is 2.65 bits per heavy atom. The monoisotopic (exact) mass is 333 g/mol. The van der Waals surface area contributed by atoms with Gasteiger partial charge in [-0.15, -0.1) is 0 Å². The average Bonchev–Trinajstić information content (AvgIpc) is 2.55. The summed E-state index contributed by atoms with van der Waals surface area (Å²) in [4.78, 5) is 23.4. The standard InChI is InChI=1S/C17H20ClN3O2/c1-2-3-4-16(22)19-11-12-21-17(23)10-9-15(20-21)13-5-7-14(18)8-6-13/h5-10H,2-4,11-12H2,1H3,(H,19,22). The predicted octanol–water partition coefficient (Wildman–Crippen LogP) is 2.87. The Morgan fingerprint density at radius 1 is 1.22 bits per heavy atom. The molecular formula is C17H20ClN3O2. The molecule has 5 nitrogen and oxygen atoms in total. The van der Waals surface area contributed by atoms with E-state index >= 15 is 0 Å².